The van der Waals surface area contributed by atoms with Gasteiger partial charge in [-0.25, -0.2) is 9.97 Å². The summed E-state index contributed by atoms with van der Waals surface area (Å²) < 4.78 is 38.7. The fourth-order valence-electron chi connectivity index (χ4n) is 1.65. The lowest BCUT2D eigenvalue weighted by Crippen LogP contribution is -2.11. The molecular weight excluding hydrogens is 335 g/mol. The molecule has 0 amide bonds. The molecule has 0 saturated carbocycles. The van der Waals surface area contributed by atoms with E-state index in [4.69, 9.17) is 0 Å². The lowest BCUT2D eigenvalue weighted by atomic mass is 10.1. The van der Waals surface area contributed by atoms with Crippen LogP contribution in [0.4, 0.5) is 19.1 Å². The molecule has 20 heavy (non-hydrogen) atoms. The third-order valence-electron chi connectivity index (χ3n) is 2.68. The van der Waals surface area contributed by atoms with E-state index in [0.717, 1.165) is 16.6 Å². The zero-order valence-corrected chi connectivity index (χ0v) is 12.0. The van der Waals surface area contributed by atoms with E-state index in [9.17, 15) is 13.2 Å². The van der Waals surface area contributed by atoms with Crippen LogP contribution >= 0.6 is 15.9 Å². The van der Waals surface area contributed by atoms with Crippen molar-refractivity contribution in [2.24, 2.45) is 0 Å². The summed E-state index contributed by atoms with van der Waals surface area (Å²) >= 11 is 3.21. The minimum atomic E-state index is -4.34. The minimum absolute atomic E-state index is 0.335. The molecule has 3 nitrogen and oxygen atoms in total. The molecule has 2 aromatic rings. The summed E-state index contributed by atoms with van der Waals surface area (Å²) in [6.07, 6.45) is -1.22. The second-order valence-electron chi connectivity index (χ2n) is 4.21. The minimum Gasteiger partial charge on any atom is -0.348 e. The molecule has 0 radical (unpaired) electrons. The molecule has 0 aliphatic carbocycles. The Morgan fingerprint density at radius 3 is 2.45 bits per heavy atom. The van der Waals surface area contributed by atoms with Gasteiger partial charge in [0.1, 0.15) is 0 Å². The second-order valence-corrected chi connectivity index (χ2v) is 5.13. The monoisotopic (exact) mass is 345 g/mol. The van der Waals surface area contributed by atoms with Crippen molar-refractivity contribution in [1.82, 2.24) is 9.97 Å². The number of hydrogen-bond donors (Lipinski definition) is 1. The summed E-state index contributed by atoms with van der Waals surface area (Å²) in [7, 11) is 0. The Labute approximate surface area is 122 Å². The van der Waals surface area contributed by atoms with E-state index >= 15 is 0 Å². The van der Waals surface area contributed by atoms with E-state index in [2.05, 4.69) is 31.2 Å². The Hall–Kier alpha value is -1.63. The highest BCUT2D eigenvalue weighted by atomic mass is 79.9. The topological polar surface area (TPSA) is 37.8 Å². The van der Waals surface area contributed by atoms with Gasteiger partial charge in [0.15, 0.2) is 0 Å². The molecule has 0 spiro atoms. The van der Waals surface area contributed by atoms with Crippen molar-refractivity contribution in [3.05, 3.63) is 52.3 Å². The second kappa shape index (κ2) is 5.78. The molecule has 1 atom stereocenters. The lowest BCUT2D eigenvalue weighted by Gasteiger charge is -2.16. The van der Waals surface area contributed by atoms with Gasteiger partial charge in [0, 0.05) is 12.4 Å². The van der Waals surface area contributed by atoms with Gasteiger partial charge in [-0.3, -0.25) is 0 Å². The van der Waals surface area contributed by atoms with Crippen molar-refractivity contribution >= 4 is 21.9 Å². The zero-order valence-electron chi connectivity index (χ0n) is 10.4. The standard InChI is InChI=1S/C13H11BrF3N3/c1-8(20-12-18-6-11(14)7-19-12)9-3-2-4-10(5-9)13(15,16)17/h2-8H,1H3,(H,18,19,20). The molecule has 1 aromatic carbocycles. The smallest absolute Gasteiger partial charge is 0.348 e. The number of halogens is 4. The number of anilines is 1. The zero-order chi connectivity index (χ0) is 14.8. The van der Waals surface area contributed by atoms with E-state index in [1.807, 2.05) is 0 Å². The summed E-state index contributed by atoms with van der Waals surface area (Å²) in [5, 5.41) is 2.95. The Bertz CT molecular complexity index is 584. The number of nitrogens with one attached hydrogen (secondary N) is 1. The van der Waals surface area contributed by atoms with Crippen LogP contribution in [0.2, 0.25) is 0 Å². The molecule has 1 heterocycles. The lowest BCUT2D eigenvalue weighted by molar-refractivity contribution is -0.137. The van der Waals surface area contributed by atoms with Gasteiger partial charge < -0.3 is 5.32 Å². The van der Waals surface area contributed by atoms with Crippen molar-refractivity contribution in [1.29, 1.82) is 0 Å². The van der Waals surface area contributed by atoms with E-state index in [-0.39, 0.29) is 6.04 Å². The highest BCUT2D eigenvalue weighted by molar-refractivity contribution is 9.10. The van der Waals surface area contributed by atoms with Gasteiger partial charge in [0.25, 0.3) is 0 Å². The SMILES string of the molecule is CC(Nc1ncc(Br)cn1)c1cccc(C(F)(F)F)c1. The van der Waals surface area contributed by atoms with Crippen molar-refractivity contribution in [2.75, 3.05) is 5.32 Å². The largest absolute Gasteiger partial charge is 0.416 e. The van der Waals surface area contributed by atoms with Gasteiger partial charge >= 0.3 is 6.18 Å². The van der Waals surface area contributed by atoms with Crippen LogP contribution in [0.5, 0.6) is 0 Å². The maximum atomic E-state index is 12.7. The van der Waals surface area contributed by atoms with Crippen LogP contribution in [0, 0.1) is 0 Å². The first-order valence-corrected chi connectivity index (χ1v) is 6.57. The number of benzene rings is 1. The van der Waals surface area contributed by atoms with E-state index in [1.165, 1.54) is 6.07 Å². The van der Waals surface area contributed by atoms with Crippen LogP contribution in [-0.2, 0) is 6.18 Å². The third-order valence-corrected chi connectivity index (χ3v) is 3.09. The Morgan fingerprint density at radius 2 is 1.85 bits per heavy atom. The Balaban J connectivity index is 2.17. The molecule has 106 valence electrons. The first kappa shape index (κ1) is 14.8. The van der Waals surface area contributed by atoms with Crippen molar-refractivity contribution in [3.8, 4) is 0 Å². The van der Waals surface area contributed by atoms with Crippen LogP contribution in [0.1, 0.15) is 24.1 Å². The molecule has 0 aliphatic rings. The average molecular weight is 346 g/mol. The number of rotatable bonds is 3. The van der Waals surface area contributed by atoms with Crippen molar-refractivity contribution in [2.45, 2.75) is 19.1 Å². The molecule has 1 N–H and O–H groups in total. The van der Waals surface area contributed by atoms with Crippen molar-refractivity contribution in [3.63, 3.8) is 0 Å². The average Bonchev–Trinajstić information content (AvgIpc) is 2.40. The fourth-order valence-corrected chi connectivity index (χ4v) is 1.85. The number of nitrogens with zero attached hydrogens (tertiary/aromatic N) is 2. The third kappa shape index (κ3) is 3.69. The first-order chi connectivity index (χ1) is 9.36. The van der Waals surface area contributed by atoms with E-state index in [1.54, 1.807) is 25.4 Å². The van der Waals surface area contributed by atoms with Gasteiger partial charge in [-0.15, -0.1) is 0 Å². The fraction of sp³-hybridized carbons (Fsp3) is 0.231. The van der Waals surface area contributed by atoms with Gasteiger partial charge in [0.2, 0.25) is 5.95 Å². The molecule has 0 bridgehead atoms. The highest BCUT2D eigenvalue weighted by Crippen LogP contribution is 2.31. The van der Waals surface area contributed by atoms with Crippen LogP contribution in [-0.4, -0.2) is 9.97 Å². The number of hydrogen-bond acceptors (Lipinski definition) is 3. The van der Waals surface area contributed by atoms with Gasteiger partial charge in [-0.05, 0) is 40.5 Å². The first-order valence-electron chi connectivity index (χ1n) is 5.77. The summed E-state index contributed by atoms with van der Waals surface area (Å²) in [6, 6.07) is 4.85. The molecule has 1 aromatic heterocycles. The van der Waals surface area contributed by atoms with Crippen LogP contribution < -0.4 is 5.32 Å². The quantitative estimate of drug-likeness (QED) is 0.893. The predicted molar refractivity (Wildman–Crippen MR) is 73.2 cm³/mol. The molecule has 0 fully saturated rings. The maximum Gasteiger partial charge on any atom is 0.416 e. The molecular formula is C13H11BrF3N3. The van der Waals surface area contributed by atoms with Crippen LogP contribution in [0.3, 0.4) is 0 Å². The van der Waals surface area contributed by atoms with Crippen LogP contribution in [0.15, 0.2) is 41.1 Å². The molecule has 2 rings (SSSR count). The maximum absolute atomic E-state index is 12.7. The summed E-state index contributed by atoms with van der Waals surface area (Å²) in [5.41, 5.74) is -0.147. The summed E-state index contributed by atoms with van der Waals surface area (Å²) in [5.74, 6) is 0.359. The molecule has 0 aliphatic heterocycles. The van der Waals surface area contributed by atoms with Gasteiger partial charge in [-0.1, -0.05) is 12.1 Å². The van der Waals surface area contributed by atoms with Crippen molar-refractivity contribution < 1.29 is 13.2 Å². The summed E-state index contributed by atoms with van der Waals surface area (Å²) in [6.45, 7) is 1.75. The normalized spacial score (nSPS) is 13.1. The molecule has 0 saturated heterocycles. The van der Waals surface area contributed by atoms with Crippen LogP contribution in [0.25, 0.3) is 0 Å². The molecule has 1 unspecified atom stereocenters. The van der Waals surface area contributed by atoms with Gasteiger partial charge in [-0.2, -0.15) is 13.2 Å². The highest BCUT2D eigenvalue weighted by Gasteiger charge is 2.30. The Kier molecular flexibility index (Phi) is 4.27. The van der Waals surface area contributed by atoms with E-state index < -0.39 is 11.7 Å². The number of aromatic nitrogens is 2. The van der Waals surface area contributed by atoms with E-state index in [0.29, 0.717) is 11.5 Å². The Morgan fingerprint density at radius 1 is 1.20 bits per heavy atom. The number of alkyl halides is 3. The predicted octanol–water partition coefficient (Wildman–Crippen LogP) is 4.43. The van der Waals surface area contributed by atoms with Gasteiger partial charge in [0.05, 0.1) is 16.1 Å². The molecule has 7 heteroatoms. The summed E-state index contributed by atoms with van der Waals surface area (Å²) in [4.78, 5) is 8.05.